The van der Waals surface area contributed by atoms with Gasteiger partial charge in [0.25, 0.3) is 0 Å². The first-order valence-electron chi connectivity index (χ1n) is 4.31. The average Bonchev–Trinajstić information content (AvgIpc) is 2.75. The van der Waals surface area contributed by atoms with E-state index in [0.29, 0.717) is 11.4 Å². The van der Waals surface area contributed by atoms with Crippen LogP contribution in [0.15, 0.2) is 23.6 Å². The maximum atomic E-state index is 9.91. The lowest BCUT2D eigenvalue weighted by Gasteiger charge is -2.05. The fourth-order valence-corrected chi connectivity index (χ4v) is 3.45. The third-order valence-corrected chi connectivity index (χ3v) is 4.57. The molecule has 5 heteroatoms. The lowest BCUT2D eigenvalue weighted by atomic mass is 10.2. The smallest absolute Gasteiger partial charge is 0.0931 e. The highest BCUT2D eigenvalue weighted by atomic mass is 35.5. The molecule has 0 radical (unpaired) electrons. The summed E-state index contributed by atoms with van der Waals surface area (Å²) in [4.78, 5) is 1.97. The highest BCUT2D eigenvalue weighted by Gasteiger charge is 2.12. The molecule has 2 aromatic rings. The van der Waals surface area contributed by atoms with E-state index in [-0.39, 0.29) is 0 Å². The van der Waals surface area contributed by atoms with E-state index >= 15 is 0 Å². The van der Waals surface area contributed by atoms with Crippen molar-refractivity contribution >= 4 is 45.9 Å². The zero-order valence-corrected chi connectivity index (χ0v) is 10.8. The Kier molecular flexibility index (Phi) is 3.69. The molecule has 0 saturated carbocycles. The number of hydrogen-bond acceptors (Lipinski definition) is 3. The van der Waals surface area contributed by atoms with Crippen molar-refractivity contribution in [2.24, 2.45) is 0 Å². The summed E-state index contributed by atoms with van der Waals surface area (Å²) in [6.07, 6.45) is 0.103. The normalized spacial score (nSPS) is 13.0. The fraction of sp³-hybridized carbons (Fsp3) is 0.200. The summed E-state index contributed by atoms with van der Waals surface area (Å²) < 4.78 is 0.751. The van der Waals surface area contributed by atoms with E-state index in [1.165, 1.54) is 22.7 Å². The molecule has 2 heterocycles. The van der Waals surface area contributed by atoms with Gasteiger partial charge >= 0.3 is 0 Å². The number of aliphatic hydroxyl groups is 1. The Hall–Kier alpha value is -0.0600. The van der Waals surface area contributed by atoms with Gasteiger partial charge in [0.2, 0.25) is 0 Å². The molecule has 0 amide bonds. The molecule has 80 valence electrons. The molecule has 0 aliphatic heterocycles. The minimum absolute atomic E-state index is 0.489. The molecular weight excluding hydrogens is 271 g/mol. The second-order valence-electron chi connectivity index (χ2n) is 3.09. The van der Waals surface area contributed by atoms with Crippen molar-refractivity contribution in [1.82, 2.24) is 0 Å². The zero-order valence-electron chi connectivity index (χ0n) is 7.61. The number of halogens is 2. The number of aliphatic hydroxyl groups excluding tert-OH is 1. The van der Waals surface area contributed by atoms with Crippen LogP contribution in [0.1, 0.15) is 15.9 Å². The van der Waals surface area contributed by atoms with Crippen molar-refractivity contribution in [2.75, 3.05) is 0 Å². The highest BCUT2D eigenvalue weighted by Crippen LogP contribution is 2.30. The van der Waals surface area contributed by atoms with Crippen molar-refractivity contribution in [3.05, 3.63) is 42.7 Å². The highest BCUT2D eigenvalue weighted by molar-refractivity contribution is 7.16. The number of hydrogen-bond donors (Lipinski definition) is 1. The first-order valence-corrected chi connectivity index (χ1v) is 6.76. The van der Waals surface area contributed by atoms with Crippen LogP contribution in [0.2, 0.25) is 9.36 Å². The van der Waals surface area contributed by atoms with E-state index in [2.05, 4.69) is 0 Å². The molecule has 2 aromatic heterocycles. The van der Waals surface area contributed by atoms with Crippen LogP contribution in [0.4, 0.5) is 0 Å². The summed E-state index contributed by atoms with van der Waals surface area (Å²) in [6.45, 7) is 0. The van der Waals surface area contributed by atoms with Crippen molar-refractivity contribution in [1.29, 1.82) is 0 Å². The summed E-state index contributed by atoms with van der Waals surface area (Å²) in [7, 11) is 0. The van der Waals surface area contributed by atoms with E-state index in [9.17, 15) is 5.11 Å². The molecule has 0 fully saturated rings. The average molecular weight is 279 g/mol. The van der Waals surface area contributed by atoms with Gasteiger partial charge in [-0.2, -0.15) is 0 Å². The molecule has 15 heavy (non-hydrogen) atoms. The Morgan fingerprint density at radius 1 is 1.33 bits per heavy atom. The molecule has 1 N–H and O–H groups in total. The van der Waals surface area contributed by atoms with Crippen LogP contribution in [-0.4, -0.2) is 5.11 Å². The third-order valence-electron chi connectivity index (χ3n) is 1.94. The van der Waals surface area contributed by atoms with Gasteiger partial charge in [0.05, 0.1) is 15.5 Å². The summed E-state index contributed by atoms with van der Waals surface area (Å²) >= 11 is 14.6. The van der Waals surface area contributed by atoms with Crippen LogP contribution in [-0.2, 0) is 6.42 Å². The maximum absolute atomic E-state index is 9.91. The van der Waals surface area contributed by atoms with E-state index < -0.39 is 6.10 Å². The Morgan fingerprint density at radius 2 is 2.13 bits per heavy atom. The molecule has 0 aliphatic rings. The lowest BCUT2D eigenvalue weighted by Crippen LogP contribution is -1.97. The first kappa shape index (κ1) is 11.4. The zero-order chi connectivity index (χ0) is 10.8. The lowest BCUT2D eigenvalue weighted by molar-refractivity contribution is 0.183. The van der Waals surface area contributed by atoms with Gasteiger partial charge in [-0.15, -0.1) is 22.7 Å². The third kappa shape index (κ3) is 2.95. The van der Waals surface area contributed by atoms with E-state index in [1.807, 2.05) is 17.5 Å². The minimum atomic E-state index is -0.489. The molecule has 0 aliphatic carbocycles. The van der Waals surface area contributed by atoms with Crippen LogP contribution < -0.4 is 0 Å². The minimum Gasteiger partial charge on any atom is -0.387 e. The van der Waals surface area contributed by atoms with Gasteiger partial charge in [-0.25, -0.2) is 0 Å². The molecular formula is C10H8Cl2OS2. The first-order chi connectivity index (χ1) is 7.15. The topological polar surface area (TPSA) is 20.2 Å². The van der Waals surface area contributed by atoms with Crippen LogP contribution in [0.5, 0.6) is 0 Å². The van der Waals surface area contributed by atoms with Crippen LogP contribution >= 0.6 is 45.9 Å². The van der Waals surface area contributed by atoms with Crippen LogP contribution in [0.3, 0.4) is 0 Å². The van der Waals surface area contributed by atoms with Gasteiger partial charge in [-0.05, 0) is 18.2 Å². The second kappa shape index (κ2) is 4.85. The summed E-state index contributed by atoms with van der Waals surface area (Å²) in [5.74, 6) is 0. The predicted molar refractivity (Wildman–Crippen MR) is 67.3 cm³/mol. The molecule has 0 aromatic carbocycles. The van der Waals surface area contributed by atoms with Crippen LogP contribution in [0, 0.1) is 0 Å². The molecule has 2 rings (SSSR count). The summed E-state index contributed by atoms with van der Waals surface area (Å²) in [5.41, 5.74) is 0. The Bertz CT molecular complexity index is 450. The molecule has 1 nitrogen and oxygen atoms in total. The number of thiophene rings is 2. The SMILES string of the molecule is OC(Cc1ccc(Cl)s1)c1cc(Cl)cs1. The van der Waals surface area contributed by atoms with Gasteiger partial charge in [-0.3, -0.25) is 0 Å². The molecule has 1 unspecified atom stereocenters. The largest absolute Gasteiger partial charge is 0.387 e. The van der Waals surface area contributed by atoms with E-state index in [1.54, 1.807) is 6.07 Å². The van der Waals surface area contributed by atoms with Crippen molar-refractivity contribution < 1.29 is 5.11 Å². The van der Waals surface area contributed by atoms with Gasteiger partial charge in [0.1, 0.15) is 0 Å². The van der Waals surface area contributed by atoms with Crippen molar-refractivity contribution in [3.63, 3.8) is 0 Å². The van der Waals surface area contributed by atoms with Crippen molar-refractivity contribution in [3.8, 4) is 0 Å². The quantitative estimate of drug-likeness (QED) is 0.883. The number of rotatable bonds is 3. The Labute approximate surface area is 106 Å². The van der Waals surface area contributed by atoms with Crippen molar-refractivity contribution in [2.45, 2.75) is 12.5 Å². The molecule has 0 spiro atoms. The van der Waals surface area contributed by atoms with E-state index in [0.717, 1.165) is 14.1 Å². The van der Waals surface area contributed by atoms with Gasteiger partial charge in [0.15, 0.2) is 0 Å². The summed E-state index contributed by atoms with van der Waals surface area (Å²) in [5, 5.41) is 12.4. The predicted octanol–water partition coefficient (Wildman–Crippen LogP) is 4.39. The maximum Gasteiger partial charge on any atom is 0.0931 e. The monoisotopic (exact) mass is 278 g/mol. The van der Waals surface area contributed by atoms with E-state index in [4.69, 9.17) is 23.2 Å². The molecule has 0 saturated heterocycles. The van der Waals surface area contributed by atoms with Gasteiger partial charge in [-0.1, -0.05) is 23.2 Å². The Morgan fingerprint density at radius 3 is 2.67 bits per heavy atom. The molecule has 0 bridgehead atoms. The Balaban J connectivity index is 2.06. The van der Waals surface area contributed by atoms with Crippen LogP contribution in [0.25, 0.3) is 0 Å². The fourth-order valence-electron chi connectivity index (χ4n) is 1.26. The molecule has 1 atom stereocenters. The van der Waals surface area contributed by atoms with Gasteiger partial charge < -0.3 is 5.11 Å². The standard InChI is InChI=1S/C10H8Cl2OS2/c11-6-3-9(14-5-6)8(13)4-7-1-2-10(12)15-7/h1-3,5,8,13H,4H2. The second-order valence-corrected chi connectivity index (χ2v) is 6.27. The van der Waals surface area contributed by atoms with Gasteiger partial charge in [0, 0.05) is 21.6 Å². The summed E-state index contributed by atoms with van der Waals surface area (Å²) in [6, 6.07) is 5.58.